The van der Waals surface area contributed by atoms with Gasteiger partial charge in [-0.15, -0.1) is 0 Å². The number of aliphatic carboxylic acids is 1. The zero-order valence-electron chi connectivity index (χ0n) is 14.4. The number of likely N-dealkylation sites (tertiary alicyclic amines) is 1. The number of amides is 2. The van der Waals surface area contributed by atoms with E-state index in [4.69, 9.17) is 11.6 Å². The van der Waals surface area contributed by atoms with E-state index in [0.29, 0.717) is 18.0 Å². The first-order chi connectivity index (χ1) is 11.8. The lowest BCUT2D eigenvalue weighted by Crippen LogP contribution is -2.50. The molecular formula is C18H23ClN2O4. The Morgan fingerprint density at radius 2 is 1.96 bits per heavy atom. The molecule has 1 heterocycles. The van der Waals surface area contributed by atoms with Crippen LogP contribution in [0.3, 0.4) is 0 Å². The lowest BCUT2D eigenvalue weighted by Gasteiger charge is -2.36. The minimum absolute atomic E-state index is 0.0133. The summed E-state index contributed by atoms with van der Waals surface area (Å²) in [5, 5.41) is 12.7. The number of carboxylic acids is 1. The van der Waals surface area contributed by atoms with Crippen molar-refractivity contribution in [2.45, 2.75) is 45.2 Å². The summed E-state index contributed by atoms with van der Waals surface area (Å²) < 4.78 is 0. The summed E-state index contributed by atoms with van der Waals surface area (Å²) in [6, 6.07) is 5.57. The van der Waals surface area contributed by atoms with E-state index in [1.807, 2.05) is 6.92 Å². The molecule has 0 saturated carbocycles. The first-order valence-corrected chi connectivity index (χ1v) is 8.70. The molecule has 3 unspecified atom stereocenters. The normalized spacial score (nSPS) is 21.5. The number of hydrogen-bond acceptors (Lipinski definition) is 3. The molecule has 0 spiro atoms. The molecule has 6 nitrogen and oxygen atoms in total. The van der Waals surface area contributed by atoms with Gasteiger partial charge in [0, 0.05) is 18.5 Å². The smallest absolute Gasteiger partial charge is 0.326 e. The molecule has 1 saturated heterocycles. The van der Waals surface area contributed by atoms with Gasteiger partial charge in [-0.25, -0.2) is 4.79 Å². The van der Waals surface area contributed by atoms with Crippen molar-refractivity contribution in [2.24, 2.45) is 5.92 Å². The van der Waals surface area contributed by atoms with Crippen molar-refractivity contribution in [3.05, 3.63) is 34.9 Å². The predicted octanol–water partition coefficient (Wildman–Crippen LogP) is 2.62. The highest BCUT2D eigenvalue weighted by atomic mass is 35.5. The fourth-order valence-electron chi connectivity index (χ4n) is 3.16. The van der Waals surface area contributed by atoms with Crippen LogP contribution in [0, 0.1) is 5.92 Å². The summed E-state index contributed by atoms with van der Waals surface area (Å²) in [5.74, 6) is -1.24. The van der Waals surface area contributed by atoms with Crippen molar-refractivity contribution in [1.82, 2.24) is 10.2 Å². The number of carbonyl (C=O) groups is 3. The lowest BCUT2D eigenvalue weighted by molar-refractivity contribution is -0.153. The average Bonchev–Trinajstić information content (AvgIpc) is 2.54. The van der Waals surface area contributed by atoms with Gasteiger partial charge in [-0.1, -0.05) is 30.7 Å². The monoisotopic (exact) mass is 366 g/mol. The molecule has 0 radical (unpaired) electrons. The van der Waals surface area contributed by atoms with E-state index in [-0.39, 0.29) is 24.2 Å². The minimum atomic E-state index is -0.984. The Labute approximate surface area is 152 Å². The van der Waals surface area contributed by atoms with E-state index < -0.39 is 18.1 Å². The lowest BCUT2D eigenvalue weighted by atomic mass is 9.91. The molecule has 3 atom stereocenters. The molecule has 2 N–H and O–H groups in total. The average molecular weight is 367 g/mol. The second-order valence-electron chi connectivity index (χ2n) is 6.58. The summed E-state index contributed by atoms with van der Waals surface area (Å²) in [6.07, 6.45) is 1.24. The van der Waals surface area contributed by atoms with Gasteiger partial charge in [-0.05, 0) is 36.5 Å². The van der Waals surface area contributed by atoms with E-state index in [0.717, 1.165) is 12.0 Å². The Kier molecular flexibility index (Phi) is 6.42. The predicted molar refractivity (Wildman–Crippen MR) is 94.2 cm³/mol. The summed E-state index contributed by atoms with van der Waals surface area (Å²) in [6.45, 7) is 3.80. The van der Waals surface area contributed by atoms with Gasteiger partial charge in [0.05, 0.1) is 12.5 Å². The van der Waals surface area contributed by atoms with Crippen LogP contribution >= 0.6 is 11.6 Å². The van der Waals surface area contributed by atoms with Crippen molar-refractivity contribution in [3.63, 3.8) is 0 Å². The van der Waals surface area contributed by atoms with Crippen LogP contribution in [0.2, 0.25) is 5.02 Å². The van der Waals surface area contributed by atoms with Gasteiger partial charge in [0.15, 0.2) is 0 Å². The van der Waals surface area contributed by atoms with Gasteiger partial charge in [0.1, 0.15) is 6.04 Å². The van der Waals surface area contributed by atoms with Gasteiger partial charge >= 0.3 is 5.97 Å². The maximum atomic E-state index is 12.7. The first-order valence-electron chi connectivity index (χ1n) is 8.32. The molecule has 0 aliphatic carbocycles. The summed E-state index contributed by atoms with van der Waals surface area (Å²) >= 11 is 5.89. The summed E-state index contributed by atoms with van der Waals surface area (Å²) in [5.41, 5.74) is 0.755. The maximum Gasteiger partial charge on any atom is 0.326 e. The number of nitrogens with one attached hydrogen (secondary N) is 1. The molecule has 0 bridgehead atoms. The van der Waals surface area contributed by atoms with E-state index in [2.05, 4.69) is 5.32 Å². The highest BCUT2D eigenvalue weighted by Gasteiger charge is 2.35. The third-order valence-electron chi connectivity index (χ3n) is 4.50. The Balaban J connectivity index is 2.16. The van der Waals surface area contributed by atoms with Crippen LogP contribution in [-0.2, 0) is 14.4 Å². The molecule has 2 rings (SSSR count). The number of hydrogen-bond donors (Lipinski definition) is 2. The van der Waals surface area contributed by atoms with Gasteiger partial charge in [-0.2, -0.15) is 0 Å². The minimum Gasteiger partial charge on any atom is -0.480 e. The molecular weight excluding hydrogens is 344 g/mol. The highest BCUT2D eigenvalue weighted by molar-refractivity contribution is 6.30. The number of nitrogens with zero attached hydrogens (tertiary/aromatic N) is 1. The Morgan fingerprint density at radius 3 is 2.52 bits per heavy atom. The second-order valence-corrected chi connectivity index (χ2v) is 7.02. The van der Waals surface area contributed by atoms with Crippen LogP contribution in [0.25, 0.3) is 0 Å². The molecule has 136 valence electrons. The van der Waals surface area contributed by atoms with Crippen LogP contribution in [-0.4, -0.2) is 40.4 Å². The third kappa shape index (κ3) is 5.19. The standard InChI is InChI=1S/C18H23ClN2O4/c1-11-7-8-21(16(9-11)18(24)25)17(23)10-15(20-12(2)22)13-3-5-14(19)6-4-13/h3-6,11,15-16H,7-10H2,1-2H3,(H,20,22)(H,24,25). The van der Waals surface area contributed by atoms with Crippen molar-refractivity contribution in [2.75, 3.05) is 6.54 Å². The van der Waals surface area contributed by atoms with E-state index in [9.17, 15) is 19.5 Å². The van der Waals surface area contributed by atoms with Crippen molar-refractivity contribution < 1.29 is 19.5 Å². The van der Waals surface area contributed by atoms with Crippen LogP contribution in [0.5, 0.6) is 0 Å². The SMILES string of the molecule is CC(=O)NC(CC(=O)N1CCC(C)CC1C(=O)O)c1ccc(Cl)cc1. The number of piperidine rings is 1. The topological polar surface area (TPSA) is 86.7 Å². The van der Waals surface area contributed by atoms with Crippen LogP contribution in [0.1, 0.15) is 44.7 Å². The highest BCUT2D eigenvalue weighted by Crippen LogP contribution is 2.26. The number of carboxylic acid groups (broad SMARTS) is 1. The molecule has 1 aromatic carbocycles. The second kappa shape index (κ2) is 8.34. The molecule has 25 heavy (non-hydrogen) atoms. The molecule has 2 amide bonds. The largest absolute Gasteiger partial charge is 0.480 e. The van der Waals surface area contributed by atoms with E-state index in [1.165, 1.54) is 11.8 Å². The zero-order chi connectivity index (χ0) is 18.6. The Morgan fingerprint density at radius 1 is 1.32 bits per heavy atom. The van der Waals surface area contributed by atoms with Crippen LogP contribution < -0.4 is 5.32 Å². The van der Waals surface area contributed by atoms with Crippen LogP contribution in [0.15, 0.2) is 24.3 Å². The summed E-state index contributed by atoms with van der Waals surface area (Å²) in [7, 11) is 0. The van der Waals surface area contributed by atoms with Crippen molar-refractivity contribution in [1.29, 1.82) is 0 Å². The molecule has 1 aliphatic rings. The van der Waals surface area contributed by atoms with Gasteiger partial charge in [0.2, 0.25) is 11.8 Å². The van der Waals surface area contributed by atoms with E-state index in [1.54, 1.807) is 24.3 Å². The zero-order valence-corrected chi connectivity index (χ0v) is 15.1. The van der Waals surface area contributed by atoms with Crippen molar-refractivity contribution in [3.8, 4) is 0 Å². The number of carbonyl (C=O) groups excluding carboxylic acids is 2. The van der Waals surface area contributed by atoms with Crippen molar-refractivity contribution >= 4 is 29.4 Å². The summed E-state index contributed by atoms with van der Waals surface area (Å²) in [4.78, 5) is 37.2. The fraction of sp³-hybridized carbons (Fsp3) is 0.500. The van der Waals surface area contributed by atoms with E-state index >= 15 is 0 Å². The number of halogens is 1. The van der Waals surface area contributed by atoms with Crippen LogP contribution in [0.4, 0.5) is 0 Å². The Hall–Kier alpha value is -2.08. The molecule has 1 fully saturated rings. The van der Waals surface area contributed by atoms with Gasteiger partial charge in [0.25, 0.3) is 0 Å². The van der Waals surface area contributed by atoms with Gasteiger partial charge in [-0.3, -0.25) is 9.59 Å². The number of benzene rings is 1. The quantitative estimate of drug-likeness (QED) is 0.838. The molecule has 1 aliphatic heterocycles. The molecule has 1 aromatic rings. The molecule has 0 aromatic heterocycles. The van der Waals surface area contributed by atoms with Gasteiger partial charge < -0.3 is 15.3 Å². The molecule has 7 heteroatoms. The third-order valence-corrected chi connectivity index (χ3v) is 4.75. The Bertz CT molecular complexity index is 647. The maximum absolute atomic E-state index is 12.7. The fourth-order valence-corrected chi connectivity index (χ4v) is 3.28. The first kappa shape index (κ1) is 19.2. The number of rotatable bonds is 5.